The van der Waals surface area contributed by atoms with E-state index in [0.29, 0.717) is 22.0 Å². The lowest BCUT2D eigenvalue weighted by Crippen LogP contribution is -2.20. The van der Waals surface area contributed by atoms with Crippen molar-refractivity contribution in [2.45, 2.75) is 6.92 Å². The van der Waals surface area contributed by atoms with E-state index in [2.05, 4.69) is 4.99 Å². The van der Waals surface area contributed by atoms with E-state index in [-0.39, 0.29) is 11.4 Å². The van der Waals surface area contributed by atoms with Crippen LogP contribution < -0.4 is 5.56 Å². The highest BCUT2D eigenvalue weighted by Crippen LogP contribution is 2.26. The molecule has 0 radical (unpaired) electrons. The molecule has 0 saturated heterocycles. The van der Waals surface area contributed by atoms with Crippen LogP contribution in [-0.4, -0.2) is 15.9 Å². The molecule has 1 heterocycles. The molecule has 0 amide bonds. The van der Waals surface area contributed by atoms with Gasteiger partial charge in [0.1, 0.15) is 0 Å². The highest BCUT2D eigenvalue weighted by Gasteiger charge is 2.16. The summed E-state index contributed by atoms with van der Waals surface area (Å²) >= 11 is 0. The van der Waals surface area contributed by atoms with Crippen LogP contribution in [0.3, 0.4) is 0 Å². The van der Waals surface area contributed by atoms with Crippen molar-refractivity contribution < 1.29 is 5.11 Å². The van der Waals surface area contributed by atoms with Crippen LogP contribution in [0.15, 0.2) is 88.6 Å². The van der Waals surface area contributed by atoms with E-state index in [0.717, 1.165) is 11.3 Å². The number of hydrogen-bond acceptors (Lipinski definition) is 3. The summed E-state index contributed by atoms with van der Waals surface area (Å²) in [6, 6.07) is 24.2. The van der Waals surface area contributed by atoms with Gasteiger partial charge in [0.05, 0.1) is 16.9 Å². The van der Waals surface area contributed by atoms with E-state index < -0.39 is 0 Å². The van der Waals surface area contributed by atoms with E-state index >= 15 is 0 Å². The predicted molar refractivity (Wildman–Crippen MR) is 110 cm³/mol. The Balaban J connectivity index is 1.99. The molecule has 1 aromatic heterocycles. The Morgan fingerprint density at radius 2 is 1.48 bits per heavy atom. The number of benzene rings is 3. The van der Waals surface area contributed by atoms with Crippen LogP contribution in [0.1, 0.15) is 11.1 Å². The molecule has 132 valence electrons. The minimum absolute atomic E-state index is 0.123. The Morgan fingerprint density at radius 3 is 2.19 bits per heavy atom. The Bertz CT molecular complexity index is 1190. The normalized spacial score (nSPS) is 11.3. The fourth-order valence-electron chi connectivity index (χ4n) is 3.08. The Morgan fingerprint density at radius 1 is 0.852 bits per heavy atom. The summed E-state index contributed by atoms with van der Waals surface area (Å²) in [7, 11) is 0. The largest absolute Gasteiger partial charge is 0.494 e. The van der Waals surface area contributed by atoms with E-state index in [1.807, 2.05) is 79.7 Å². The van der Waals surface area contributed by atoms with Gasteiger partial charge in [0.2, 0.25) is 5.88 Å². The van der Waals surface area contributed by atoms with Gasteiger partial charge in [-0.15, -0.1) is 0 Å². The molecule has 0 unspecified atom stereocenters. The van der Waals surface area contributed by atoms with Crippen LogP contribution in [0, 0.1) is 6.92 Å². The molecule has 4 nitrogen and oxygen atoms in total. The zero-order valence-corrected chi connectivity index (χ0v) is 14.8. The van der Waals surface area contributed by atoms with Gasteiger partial charge < -0.3 is 5.11 Å². The summed E-state index contributed by atoms with van der Waals surface area (Å²) in [5.41, 5.74) is 2.72. The molecule has 4 heteroatoms. The highest BCUT2D eigenvalue weighted by atomic mass is 16.3. The van der Waals surface area contributed by atoms with E-state index in [4.69, 9.17) is 0 Å². The molecule has 0 aliphatic carbocycles. The smallest absolute Gasteiger partial charge is 0.265 e. The maximum absolute atomic E-state index is 13.0. The molecule has 0 spiro atoms. The molecule has 3 aromatic carbocycles. The maximum Gasteiger partial charge on any atom is 0.265 e. The second kappa shape index (κ2) is 6.92. The molecule has 0 saturated carbocycles. The number of aryl methyl sites for hydroxylation is 1. The summed E-state index contributed by atoms with van der Waals surface area (Å²) in [6.45, 7) is 1.98. The van der Waals surface area contributed by atoms with Crippen LogP contribution in [0.2, 0.25) is 0 Å². The minimum Gasteiger partial charge on any atom is -0.494 e. The standard InChI is InChI=1S/C23H18N2O2/c1-16-11-13-18(14-12-16)25-22(26)20-10-6-5-9-19(20)21(23(25)27)15-24-17-7-3-2-4-8-17/h2-15,27H,1H3. The lowest BCUT2D eigenvalue weighted by Gasteiger charge is -2.14. The SMILES string of the molecule is Cc1ccc(-n2c(O)c(C=Nc3ccccc3)c3ccccc3c2=O)cc1. The van der Waals surface area contributed by atoms with Crippen molar-refractivity contribution in [2.75, 3.05) is 0 Å². The molecule has 0 aliphatic heterocycles. The number of nitrogens with zero attached hydrogens (tertiary/aromatic N) is 2. The zero-order valence-electron chi connectivity index (χ0n) is 14.8. The average Bonchev–Trinajstić information content (AvgIpc) is 2.70. The van der Waals surface area contributed by atoms with Crippen molar-refractivity contribution >= 4 is 22.7 Å². The summed E-state index contributed by atoms with van der Waals surface area (Å²) in [6.07, 6.45) is 1.61. The van der Waals surface area contributed by atoms with E-state index in [1.165, 1.54) is 4.57 Å². The Kier molecular flexibility index (Phi) is 4.30. The molecule has 0 atom stereocenters. The first kappa shape index (κ1) is 16.8. The van der Waals surface area contributed by atoms with Crippen molar-refractivity contribution in [3.63, 3.8) is 0 Å². The van der Waals surface area contributed by atoms with Gasteiger partial charge in [-0.1, -0.05) is 54.1 Å². The van der Waals surface area contributed by atoms with Crippen LogP contribution in [-0.2, 0) is 0 Å². The first-order chi connectivity index (χ1) is 13.1. The monoisotopic (exact) mass is 354 g/mol. The summed E-state index contributed by atoms with van der Waals surface area (Å²) in [5, 5.41) is 12.1. The summed E-state index contributed by atoms with van der Waals surface area (Å²) in [5.74, 6) is -0.123. The van der Waals surface area contributed by atoms with Crippen LogP contribution in [0.4, 0.5) is 5.69 Å². The average molecular weight is 354 g/mol. The van der Waals surface area contributed by atoms with Crippen molar-refractivity contribution in [1.82, 2.24) is 4.57 Å². The van der Waals surface area contributed by atoms with Crippen molar-refractivity contribution in [1.29, 1.82) is 0 Å². The number of fused-ring (bicyclic) bond motifs is 1. The van der Waals surface area contributed by atoms with Crippen LogP contribution >= 0.6 is 0 Å². The second-order valence-corrected chi connectivity index (χ2v) is 6.35. The number of rotatable bonds is 3. The Labute approximate surface area is 156 Å². The number of hydrogen-bond donors (Lipinski definition) is 1. The lowest BCUT2D eigenvalue weighted by atomic mass is 10.1. The fraction of sp³-hybridized carbons (Fsp3) is 0.0435. The second-order valence-electron chi connectivity index (χ2n) is 6.35. The fourth-order valence-corrected chi connectivity index (χ4v) is 3.08. The van der Waals surface area contributed by atoms with Gasteiger partial charge in [0.25, 0.3) is 5.56 Å². The Hall–Kier alpha value is -3.66. The molecule has 1 N–H and O–H groups in total. The highest BCUT2D eigenvalue weighted by molar-refractivity contribution is 6.02. The third-order valence-electron chi connectivity index (χ3n) is 4.49. The molecule has 0 aliphatic rings. The molecule has 0 bridgehead atoms. The number of pyridine rings is 1. The van der Waals surface area contributed by atoms with E-state index in [1.54, 1.807) is 12.3 Å². The number of aliphatic imine (C=N–C) groups is 1. The number of aromatic hydroxyl groups is 1. The van der Waals surface area contributed by atoms with Crippen molar-refractivity contribution in [2.24, 2.45) is 4.99 Å². The molecular formula is C23H18N2O2. The van der Waals surface area contributed by atoms with Gasteiger partial charge >= 0.3 is 0 Å². The zero-order chi connectivity index (χ0) is 18.8. The molecule has 4 aromatic rings. The third kappa shape index (κ3) is 3.13. The molecule has 0 fully saturated rings. The molecule has 4 rings (SSSR count). The number of para-hydroxylation sites is 1. The van der Waals surface area contributed by atoms with Gasteiger partial charge in [-0.2, -0.15) is 0 Å². The van der Waals surface area contributed by atoms with Gasteiger partial charge in [-0.25, -0.2) is 4.57 Å². The maximum atomic E-state index is 13.0. The quantitative estimate of drug-likeness (QED) is 0.540. The van der Waals surface area contributed by atoms with Crippen LogP contribution in [0.5, 0.6) is 5.88 Å². The van der Waals surface area contributed by atoms with Gasteiger partial charge in [-0.3, -0.25) is 9.79 Å². The first-order valence-electron chi connectivity index (χ1n) is 8.68. The topological polar surface area (TPSA) is 54.6 Å². The first-order valence-corrected chi connectivity index (χ1v) is 8.68. The van der Waals surface area contributed by atoms with Crippen LogP contribution in [0.25, 0.3) is 16.5 Å². The van der Waals surface area contributed by atoms with Gasteiger partial charge in [0, 0.05) is 17.0 Å². The predicted octanol–water partition coefficient (Wildman–Crippen LogP) is 4.76. The minimum atomic E-state index is -0.260. The van der Waals surface area contributed by atoms with Crippen molar-refractivity contribution in [3.8, 4) is 11.6 Å². The molecule has 27 heavy (non-hydrogen) atoms. The summed E-state index contributed by atoms with van der Waals surface area (Å²) < 4.78 is 1.33. The van der Waals surface area contributed by atoms with E-state index in [9.17, 15) is 9.90 Å². The molecular weight excluding hydrogens is 336 g/mol. The van der Waals surface area contributed by atoms with Gasteiger partial charge in [-0.05, 0) is 37.3 Å². The third-order valence-corrected chi connectivity index (χ3v) is 4.49. The van der Waals surface area contributed by atoms with Gasteiger partial charge in [0.15, 0.2) is 0 Å². The lowest BCUT2D eigenvalue weighted by molar-refractivity contribution is 0.436. The number of aromatic nitrogens is 1. The van der Waals surface area contributed by atoms with Crippen molar-refractivity contribution in [3.05, 3.63) is 100 Å². The summed E-state index contributed by atoms with van der Waals surface area (Å²) in [4.78, 5) is 17.5.